The van der Waals surface area contributed by atoms with Gasteiger partial charge in [-0.2, -0.15) is 0 Å². The summed E-state index contributed by atoms with van der Waals surface area (Å²) in [4.78, 5) is 39.1. The normalized spacial score (nSPS) is 25.7. The molecule has 1 aromatic carbocycles. The average Bonchev–Trinajstić information content (AvgIpc) is 2.85. The number of benzene rings is 1. The highest BCUT2D eigenvalue weighted by Gasteiger charge is 2.72. The van der Waals surface area contributed by atoms with Crippen molar-refractivity contribution < 1.29 is 37.0 Å². The Morgan fingerprint density at radius 3 is 2.27 bits per heavy atom. The fourth-order valence-corrected chi connectivity index (χ4v) is 6.36. The second kappa shape index (κ2) is 7.87. The van der Waals surface area contributed by atoms with Gasteiger partial charge in [0.1, 0.15) is 38.5 Å². The predicted octanol–water partition coefficient (Wildman–Crippen LogP) is 0.482. The minimum atomic E-state index is -3.99. The van der Waals surface area contributed by atoms with Crippen LogP contribution in [0.15, 0.2) is 18.2 Å². The molecule has 164 valence electrons. The van der Waals surface area contributed by atoms with Crippen molar-refractivity contribution in [2.24, 2.45) is 0 Å². The minimum absolute atomic E-state index is 0.0175. The van der Waals surface area contributed by atoms with Crippen molar-refractivity contribution >= 4 is 50.2 Å². The van der Waals surface area contributed by atoms with Gasteiger partial charge in [0.15, 0.2) is 15.2 Å². The first-order chi connectivity index (χ1) is 14.0. The number of amides is 2. The summed E-state index contributed by atoms with van der Waals surface area (Å²) in [6.45, 7) is 2.74. The van der Waals surface area contributed by atoms with Crippen LogP contribution >= 0.6 is 22.6 Å². The lowest BCUT2D eigenvalue weighted by Crippen LogP contribution is -2.72. The summed E-state index contributed by atoms with van der Waals surface area (Å²) >= 11 is 1.81. The topological polar surface area (TPSA) is 128 Å². The largest absolute Gasteiger partial charge is 0.496 e. The van der Waals surface area contributed by atoms with Crippen LogP contribution in [0.3, 0.4) is 0 Å². The van der Waals surface area contributed by atoms with E-state index in [2.05, 4.69) is 5.32 Å². The Morgan fingerprint density at radius 2 is 1.77 bits per heavy atom. The number of carbonyl (C=O) groups excluding carboxylic acids is 3. The van der Waals surface area contributed by atoms with E-state index in [1.807, 2.05) is 22.6 Å². The van der Waals surface area contributed by atoms with Crippen LogP contribution in [0.1, 0.15) is 24.2 Å². The number of rotatable bonds is 6. The van der Waals surface area contributed by atoms with Crippen LogP contribution < -0.4 is 14.8 Å². The van der Waals surface area contributed by atoms with Crippen LogP contribution in [0.5, 0.6) is 11.5 Å². The van der Waals surface area contributed by atoms with Gasteiger partial charge in [-0.3, -0.25) is 9.59 Å². The zero-order valence-electron chi connectivity index (χ0n) is 16.7. The molecule has 0 aromatic heterocycles. The average molecular weight is 552 g/mol. The summed E-state index contributed by atoms with van der Waals surface area (Å²) in [5.41, 5.74) is 0.0317. The van der Waals surface area contributed by atoms with Gasteiger partial charge in [0.05, 0.1) is 14.2 Å². The number of esters is 1. The highest BCUT2D eigenvalue weighted by Crippen LogP contribution is 2.46. The van der Waals surface area contributed by atoms with E-state index < -0.39 is 49.8 Å². The van der Waals surface area contributed by atoms with E-state index in [4.69, 9.17) is 14.2 Å². The Labute approximate surface area is 187 Å². The summed E-state index contributed by atoms with van der Waals surface area (Å²) in [6.07, 6.45) is 0. The fourth-order valence-electron chi connectivity index (χ4n) is 3.84. The van der Waals surface area contributed by atoms with Crippen molar-refractivity contribution in [1.82, 2.24) is 10.2 Å². The van der Waals surface area contributed by atoms with Gasteiger partial charge in [0.2, 0.25) is 5.91 Å². The number of β-lactam (4-membered cyclic amide) rings is 1. The molecule has 0 spiro atoms. The number of nitrogens with one attached hydrogen (secondary N) is 1. The molecule has 1 unspecified atom stereocenters. The van der Waals surface area contributed by atoms with Gasteiger partial charge in [0, 0.05) is 0 Å². The van der Waals surface area contributed by atoms with Crippen LogP contribution in [-0.2, 0) is 24.2 Å². The molecule has 12 heteroatoms. The van der Waals surface area contributed by atoms with Gasteiger partial charge in [-0.1, -0.05) is 6.07 Å². The number of carbonyl (C=O) groups is 3. The lowest BCUT2D eigenvalue weighted by atomic mass is 9.95. The molecule has 2 amide bonds. The van der Waals surface area contributed by atoms with Crippen LogP contribution in [0.25, 0.3) is 0 Å². The first-order valence-electron chi connectivity index (χ1n) is 8.84. The highest BCUT2D eigenvalue weighted by atomic mass is 127. The van der Waals surface area contributed by atoms with Crippen molar-refractivity contribution in [3.63, 3.8) is 0 Å². The predicted molar refractivity (Wildman–Crippen MR) is 113 cm³/mol. The van der Waals surface area contributed by atoms with Gasteiger partial charge in [-0.15, -0.1) is 0 Å². The van der Waals surface area contributed by atoms with Gasteiger partial charge >= 0.3 is 5.97 Å². The van der Waals surface area contributed by atoms with Crippen LogP contribution in [-0.4, -0.2) is 72.1 Å². The third kappa shape index (κ3) is 3.11. The van der Waals surface area contributed by atoms with E-state index in [9.17, 15) is 22.8 Å². The zero-order valence-corrected chi connectivity index (χ0v) is 19.6. The summed E-state index contributed by atoms with van der Waals surface area (Å²) in [7, 11) is -1.25. The minimum Gasteiger partial charge on any atom is -0.496 e. The van der Waals surface area contributed by atoms with E-state index in [1.54, 1.807) is 6.07 Å². The van der Waals surface area contributed by atoms with Gasteiger partial charge in [-0.25, -0.2) is 13.2 Å². The number of fused-ring (bicyclic) bond motifs is 1. The molecule has 3 rings (SSSR count). The molecule has 2 aliphatic rings. The summed E-state index contributed by atoms with van der Waals surface area (Å²) in [5, 5.41) is 1.10. The summed E-state index contributed by atoms with van der Waals surface area (Å²) in [5.74, 6) is -1.80. The number of nitrogens with zero attached hydrogens (tertiary/aromatic N) is 1. The third-order valence-electron chi connectivity index (χ3n) is 5.43. The third-order valence-corrected chi connectivity index (χ3v) is 8.57. The van der Waals surface area contributed by atoms with E-state index in [1.165, 1.54) is 40.2 Å². The molecular formula is C18H21IN2O8S. The Bertz CT molecular complexity index is 987. The standard InChI is InChI=1S/C18H21IN2O8S/c1-18(2)13(17(24)29-8-19)21-15(23)12(16(21)30(18,25)26)20-14(22)11-9(27-3)6-5-7-10(11)28-4/h5-7,12-13,16H,8H2,1-4H3,(H,20,22)/t12?,13-,16+/m0/s1. The Hall–Kier alpha value is -2.09. The van der Waals surface area contributed by atoms with E-state index in [0.717, 1.165) is 4.90 Å². The first-order valence-corrected chi connectivity index (χ1v) is 11.9. The second-order valence-corrected chi connectivity index (χ2v) is 10.5. The second-order valence-electron chi connectivity index (χ2n) is 7.25. The number of methoxy groups -OCH3 is 2. The number of hydrogen-bond acceptors (Lipinski definition) is 8. The monoisotopic (exact) mass is 552 g/mol. The van der Waals surface area contributed by atoms with Gasteiger partial charge < -0.3 is 24.4 Å². The quantitative estimate of drug-likeness (QED) is 0.234. The highest BCUT2D eigenvalue weighted by molar-refractivity contribution is 14.1. The molecule has 3 atom stereocenters. The molecule has 0 saturated carbocycles. The van der Waals surface area contributed by atoms with Crippen molar-refractivity contribution in [2.45, 2.75) is 36.1 Å². The van der Waals surface area contributed by atoms with Crippen LogP contribution in [0, 0.1) is 0 Å². The maximum absolute atomic E-state index is 13.1. The van der Waals surface area contributed by atoms with E-state index in [0.29, 0.717) is 0 Å². The number of alkyl halides is 1. The molecule has 2 heterocycles. The van der Waals surface area contributed by atoms with Crippen molar-refractivity contribution in [3.8, 4) is 11.5 Å². The molecule has 0 bridgehead atoms. The van der Waals surface area contributed by atoms with Gasteiger partial charge in [-0.05, 0) is 48.6 Å². The van der Waals surface area contributed by atoms with Crippen molar-refractivity contribution in [2.75, 3.05) is 18.8 Å². The van der Waals surface area contributed by atoms with Crippen molar-refractivity contribution in [1.29, 1.82) is 0 Å². The molecule has 1 aromatic rings. The summed E-state index contributed by atoms with van der Waals surface area (Å²) in [6, 6.07) is 2.07. The molecule has 30 heavy (non-hydrogen) atoms. The number of sulfone groups is 1. The lowest BCUT2D eigenvalue weighted by Gasteiger charge is -2.43. The zero-order chi connectivity index (χ0) is 22.4. The van der Waals surface area contributed by atoms with Crippen molar-refractivity contribution in [3.05, 3.63) is 23.8 Å². The molecule has 0 radical (unpaired) electrons. The number of ether oxygens (including phenoxy) is 3. The van der Waals surface area contributed by atoms with E-state index in [-0.39, 0.29) is 21.7 Å². The molecular weight excluding hydrogens is 531 g/mol. The Balaban J connectivity index is 1.94. The van der Waals surface area contributed by atoms with Gasteiger partial charge in [0.25, 0.3) is 5.91 Å². The van der Waals surface area contributed by atoms with Crippen LogP contribution in [0.2, 0.25) is 0 Å². The Morgan fingerprint density at radius 1 is 1.20 bits per heavy atom. The maximum Gasteiger partial charge on any atom is 0.331 e. The fraction of sp³-hybridized carbons (Fsp3) is 0.500. The SMILES string of the molecule is COc1cccc(OC)c1C(=O)NC1C(=O)N2[C@@H](C(=O)OCI)C(C)(C)S(=O)(=O)[C@H]12. The maximum atomic E-state index is 13.1. The molecule has 0 aliphatic carbocycles. The number of halogens is 1. The molecule has 1 N–H and O–H groups in total. The number of hydrogen-bond donors (Lipinski definition) is 1. The Kier molecular flexibility index (Phi) is 5.93. The molecule has 2 aliphatic heterocycles. The molecule has 2 saturated heterocycles. The van der Waals surface area contributed by atoms with Crippen LogP contribution in [0.4, 0.5) is 0 Å². The smallest absolute Gasteiger partial charge is 0.331 e. The van der Waals surface area contributed by atoms with E-state index >= 15 is 0 Å². The molecule has 10 nitrogen and oxygen atoms in total. The first kappa shape index (κ1) is 22.6. The lowest BCUT2D eigenvalue weighted by molar-refractivity contribution is -0.162. The molecule has 2 fully saturated rings. The summed E-state index contributed by atoms with van der Waals surface area (Å²) < 4.78 is 40.0.